The first kappa shape index (κ1) is 13.0. The third kappa shape index (κ3) is 3.45. The molecule has 0 radical (unpaired) electrons. The van der Waals surface area contributed by atoms with Gasteiger partial charge in [0.2, 0.25) is 0 Å². The summed E-state index contributed by atoms with van der Waals surface area (Å²) in [6.07, 6.45) is 0. The van der Waals surface area contributed by atoms with Gasteiger partial charge in [-0.05, 0) is 12.1 Å². The van der Waals surface area contributed by atoms with E-state index in [-0.39, 0.29) is 11.9 Å². The van der Waals surface area contributed by atoms with Crippen LogP contribution in [0.5, 0.6) is 5.75 Å². The molecule has 5 heteroatoms. The Hall–Kier alpha value is -0.0900. The van der Waals surface area contributed by atoms with Crippen molar-refractivity contribution >= 4 is 35.0 Å². The smallest absolute Gasteiger partial charge is 0.151 e. The van der Waals surface area contributed by atoms with Crippen molar-refractivity contribution in [1.29, 1.82) is 0 Å². The minimum absolute atomic E-state index is 0.0773. The zero-order valence-electron chi connectivity index (χ0n) is 8.46. The van der Waals surface area contributed by atoms with Crippen molar-refractivity contribution < 1.29 is 9.84 Å². The van der Waals surface area contributed by atoms with E-state index in [0.29, 0.717) is 15.8 Å². The standard InChI is InChI=1S/C10H12Cl2O2S/c1-6(5-13)15-9-4-7(11)3-8(12)10(9)14-2/h3-4,6,13H,5H2,1-2H3. The van der Waals surface area contributed by atoms with E-state index in [2.05, 4.69) is 0 Å². The molecule has 0 aliphatic heterocycles. The van der Waals surface area contributed by atoms with Crippen molar-refractivity contribution in [3.63, 3.8) is 0 Å². The van der Waals surface area contributed by atoms with Gasteiger partial charge in [-0.3, -0.25) is 0 Å². The van der Waals surface area contributed by atoms with E-state index in [9.17, 15) is 0 Å². The molecule has 1 aromatic carbocycles. The van der Waals surface area contributed by atoms with Gasteiger partial charge in [0, 0.05) is 10.3 Å². The summed E-state index contributed by atoms with van der Waals surface area (Å²) in [6.45, 7) is 2.01. The average molecular weight is 267 g/mol. The number of thioether (sulfide) groups is 1. The van der Waals surface area contributed by atoms with Crippen LogP contribution in [0.15, 0.2) is 17.0 Å². The van der Waals surface area contributed by atoms with Gasteiger partial charge in [0.25, 0.3) is 0 Å². The highest BCUT2D eigenvalue weighted by Crippen LogP contribution is 2.39. The van der Waals surface area contributed by atoms with Gasteiger partial charge in [-0.2, -0.15) is 0 Å². The van der Waals surface area contributed by atoms with Gasteiger partial charge in [-0.1, -0.05) is 30.1 Å². The number of hydrogen-bond acceptors (Lipinski definition) is 3. The number of methoxy groups -OCH3 is 1. The van der Waals surface area contributed by atoms with E-state index >= 15 is 0 Å². The zero-order chi connectivity index (χ0) is 11.4. The van der Waals surface area contributed by atoms with Gasteiger partial charge in [0.05, 0.1) is 23.6 Å². The Kier molecular flexibility index (Phi) is 5.06. The Balaban J connectivity index is 3.03. The Bertz CT molecular complexity index is 344. The normalized spacial score (nSPS) is 12.6. The number of rotatable bonds is 4. The summed E-state index contributed by atoms with van der Waals surface area (Å²) in [4.78, 5) is 0.844. The topological polar surface area (TPSA) is 29.5 Å². The van der Waals surface area contributed by atoms with Crippen LogP contribution in [0.2, 0.25) is 10.0 Å². The summed E-state index contributed by atoms with van der Waals surface area (Å²) in [5.41, 5.74) is 0. The SMILES string of the molecule is COc1c(Cl)cc(Cl)cc1SC(C)CO. The van der Waals surface area contributed by atoms with Crippen LogP contribution in [0, 0.1) is 0 Å². The molecule has 0 aliphatic carbocycles. The molecule has 0 bridgehead atoms. The fourth-order valence-electron chi connectivity index (χ4n) is 1.08. The van der Waals surface area contributed by atoms with Crippen molar-refractivity contribution in [1.82, 2.24) is 0 Å². The van der Waals surface area contributed by atoms with E-state index in [0.717, 1.165) is 4.90 Å². The monoisotopic (exact) mass is 266 g/mol. The molecule has 0 amide bonds. The van der Waals surface area contributed by atoms with Gasteiger partial charge >= 0.3 is 0 Å². The lowest BCUT2D eigenvalue weighted by atomic mass is 10.3. The molecule has 1 N–H and O–H groups in total. The first-order valence-electron chi connectivity index (χ1n) is 4.39. The number of hydrogen-bond donors (Lipinski definition) is 1. The Labute approximate surface area is 104 Å². The Morgan fingerprint density at radius 2 is 2.13 bits per heavy atom. The van der Waals surface area contributed by atoms with E-state index in [4.69, 9.17) is 33.0 Å². The first-order valence-corrected chi connectivity index (χ1v) is 6.02. The van der Waals surface area contributed by atoms with E-state index < -0.39 is 0 Å². The lowest BCUT2D eigenvalue weighted by Gasteiger charge is -2.13. The van der Waals surface area contributed by atoms with Gasteiger partial charge in [0.1, 0.15) is 0 Å². The molecule has 1 rings (SSSR count). The molecular weight excluding hydrogens is 255 g/mol. The van der Waals surface area contributed by atoms with E-state index in [1.54, 1.807) is 19.2 Å². The molecule has 0 aromatic heterocycles. The predicted molar refractivity (Wildman–Crippen MR) is 65.4 cm³/mol. The molecule has 0 spiro atoms. The fourth-order valence-corrected chi connectivity index (χ4v) is 2.77. The average Bonchev–Trinajstić information content (AvgIpc) is 2.17. The summed E-state index contributed by atoms with van der Waals surface area (Å²) in [5, 5.41) is 10.1. The van der Waals surface area contributed by atoms with Crippen molar-refractivity contribution in [3.05, 3.63) is 22.2 Å². The van der Waals surface area contributed by atoms with Crippen molar-refractivity contribution in [3.8, 4) is 5.75 Å². The van der Waals surface area contributed by atoms with Crippen LogP contribution in [0.4, 0.5) is 0 Å². The number of aliphatic hydroxyl groups excluding tert-OH is 1. The third-order valence-corrected chi connectivity index (χ3v) is 3.37. The van der Waals surface area contributed by atoms with E-state index in [1.165, 1.54) is 11.8 Å². The Morgan fingerprint density at radius 1 is 1.47 bits per heavy atom. The van der Waals surface area contributed by atoms with Gasteiger partial charge < -0.3 is 9.84 Å². The largest absolute Gasteiger partial charge is 0.494 e. The highest BCUT2D eigenvalue weighted by Gasteiger charge is 2.13. The zero-order valence-corrected chi connectivity index (χ0v) is 10.8. The van der Waals surface area contributed by atoms with Crippen LogP contribution >= 0.6 is 35.0 Å². The second-order valence-electron chi connectivity index (χ2n) is 3.03. The first-order chi connectivity index (χ1) is 7.08. The fraction of sp³-hybridized carbons (Fsp3) is 0.400. The van der Waals surface area contributed by atoms with Crippen LogP contribution in [0.25, 0.3) is 0 Å². The molecule has 0 fully saturated rings. The van der Waals surface area contributed by atoms with Crippen molar-refractivity contribution in [2.75, 3.05) is 13.7 Å². The molecule has 1 atom stereocenters. The van der Waals surface area contributed by atoms with Gasteiger partial charge in [0.15, 0.2) is 5.75 Å². The van der Waals surface area contributed by atoms with Gasteiger partial charge in [-0.15, -0.1) is 11.8 Å². The van der Waals surface area contributed by atoms with Crippen molar-refractivity contribution in [2.24, 2.45) is 0 Å². The molecule has 1 aromatic rings. The molecule has 0 saturated carbocycles. The summed E-state index contributed by atoms with van der Waals surface area (Å²) < 4.78 is 5.18. The summed E-state index contributed by atoms with van der Waals surface area (Å²) >= 11 is 13.3. The summed E-state index contributed by atoms with van der Waals surface area (Å²) in [6, 6.07) is 3.42. The van der Waals surface area contributed by atoms with Crippen LogP contribution in [0.3, 0.4) is 0 Å². The minimum atomic E-state index is 0.0773. The highest BCUT2D eigenvalue weighted by atomic mass is 35.5. The number of halogens is 2. The number of benzene rings is 1. The molecule has 0 heterocycles. The number of aliphatic hydroxyl groups is 1. The number of ether oxygens (including phenoxy) is 1. The maximum Gasteiger partial charge on any atom is 0.151 e. The highest BCUT2D eigenvalue weighted by molar-refractivity contribution is 8.00. The molecule has 15 heavy (non-hydrogen) atoms. The molecule has 0 saturated heterocycles. The second kappa shape index (κ2) is 5.85. The molecular formula is C10H12Cl2O2S. The molecule has 0 aliphatic rings. The lowest BCUT2D eigenvalue weighted by Crippen LogP contribution is -2.02. The maximum atomic E-state index is 8.97. The van der Waals surface area contributed by atoms with Crippen LogP contribution < -0.4 is 4.74 Å². The third-order valence-electron chi connectivity index (χ3n) is 1.76. The van der Waals surface area contributed by atoms with Crippen molar-refractivity contribution in [2.45, 2.75) is 17.1 Å². The maximum absolute atomic E-state index is 8.97. The minimum Gasteiger partial charge on any atom is -0.494 e. The summed E-state index contributed by atoms with van der Waals surface area (Å²) in [7, 11) is 1.56. The second-order valence-corrected chi connectivity index (χ2v) is 5.35. The lowest BCUT2D eigenvalue weighted by molar-refractivity contribution is 0.300. The molecule has 1 unspecified atom stereocenters. The molecule has 2 nitrogen and oxygen atoms in total. The van der Waals surface area contributed by atoms with Crippen LogP contribution in [-0.4, -0.2) is 24.1 Å². The predicted octanol–water partition coefficient (Wildman–Crippen LogP) is 3.47. The van der Waals surface area contributed by atoms with Crippen LogP contribution in [0.1, 0.15) is 6.92 Å². The summed E-state index contributed by atoms with van der Waals surface area (Å²) in [5.74, 6) is 0.603. The molecule has 84 valence electrons. The van der Waals surface area contributed by atoms with Crippen LogP contribution in [-0.2, 0) is 0 Å². The van der Waals surface area contributed by atoms with E-state index in [1.807, 2.05) is 6.92 Å². The Morgan fingerprint density at radius 3 is 2.67 bits per heavy atom. The quantitative estimate of drug-likeness (QED) is 0.847. The van der Waals surface area contributed by atoms with Gasteiger partial charge in [-0.25, -0.2) is 0 Å².